The van der Waals surface area contributed by atoms with Gasteiger partial charge in [-0.25, -0.2) is 0 Å². The molecule has 0 saturated heterocycles. The van der Waals surface area contributed by atoms with Crippen molar-refractivity contribution in [3.63, 3.8) is 0 Å². The van der Waals surface area contributed by atoms with E-state index < -0.39 is 11.4 Å². The van der Waals surface area contributed by atoms with Gasteiger partial charge in [0.05, 0.1) is 5.41 Å². The van der Waals surface area contributed by atoms with Gasteiger partial charge in [0.15, 0.2) is 0 Å². The second kappa shape index (κ2) is 6.41. The smallest absolute Gasteiger partial charge is 0.303 e. The molecule has 0 bridgehead atoms. The van der Waals surface area contributed by atoms with Gasteiger partial charge in [-0.05, 0) is 38.0 Å². The summed E-state index contributed by atoms with van der Waals surface area (Å²) in [7, 11) is 1.70. The normalized spacial score (nSPS) is 11.2. The highest BCUT2D eigenvalue weighted by Crippen LogP contribution is 2.26. The first kappa shape index (κ1) is 16.0. The van der Waals surface area contributed by atoms with Crippen LogP contribution in [-0.4, -0.2) is 35.5 Å². The van der Waals surface area contributed by atoms with E-state index in [2.05, 4.69) is 0 Å². The minimum absolute atomic E-state index is 0.0346. The maximum absolute atomic E-state index is 12.5. The van der Waals surface area contributed by atoms with Crippen LogP contribution in [0.2, 0.25) is 0 Å². The number of amides is 1. The highest BCUT2D eigenvalue weighted by molar-refractivity contribution is 5.87. The van der Waals surface area contributed by atoms with E-state index >= 15 is 0 Å². The van der Waals surface area contributed by atoms with Crippen molar-refractivity contribution in [2.24, 2.45) is 0 Å². The molecule has 0 aromatic heterocycles. The van der Waals surface area contributed by atoms with Gasteiger partial charge in [-0.3, -0.25) is 9.59 Å². The lowest BCUT2D eigenvalue weighted by atomic mass is 9.83. The lowest BCUT2D eigenvalue weighted by Gasteiger charge is -2.30. The van der Waals surface area contributed by atoms with Crippen molar-refractivity contribution in [2.75, 3.05) is 19.3 Å². The first-order valence-electron chi connectivity index (χ1n) is 6.58. The summed E-state index contributed by atoms with van der Waals surface area (Å²) in [4.78, 5) is 24.5. The SMILES string of the molecule is CN(CCCC(=O)O)C(=O)C(C)(C)c1ccc(N)cc1. The van der Waals surface area contributed by atoms with Gasteiger partial charge in [0, 0.05) is 25.7 Å². The summed E-state index contributed by atoms with van der Waals surface area (Å²) in [6.07, 6.45) is 0.523. The van der Waals surface area contributed by atoms with E-state index in [1.54, 1.807) is 24.1 Å². The quantitative estimate of drug-likeness (QED) is 0.778. The molecule has 0 heterocycles. The summed E-state index contributed by atoms with van der Waals surface area (Å²) in [5.74, 6) is -0.878. The number of carboxylic acid groups (broad SMARTS) is 1. The average molecular weight is 278 g/mol. The number of benzene rings is 1. The Kier molecular flexibility index (Phi) is 5.13. The molecule has 1 aromatic rings. The van der Waals surface area contributed by atoms with Crippen molar-refractivity contribution in [1.82, 2.24) is 4.90 Å². The van der Waals surface area contributed by atoms with Crippen LogP contribution in [0.4, 0.5) is 5.69 Å². The number of nitrogens with two attached hydrogens (primary N) is 1. The third kappa shape index (κ3) is 3.98. The predicted octanol–water partition coefficient (Wildman–Crippen LogP) is 1.87. The number of rotatable bonds is 6. The molecule has 20 heavy (non-hydrogen) atoms. The molecule has 3 N–H and O–H groups in total. The van der Waals surface area contributed by atoms with Gasteiger partial charge in [-0.15, -0.1) is 0 Å². The van der Waals surface area contributed by atoms with Crippen LogP contribution in [-0.2, 0) is 15.0 Å². The molecule has 0 fully saturated rings. The fourth-order valence-electron chi connectivity index (χ4n) is 2.07. The Morgan fingerprint density at radius 3 is 2.30 bits per heavy atom. The van der Waals surface area contributed by atoms with E-state index in [-0.39, 0.29) is 12.3 Å². The zero-order valence-corrected chi connectivity index (χ0v) is 12.2. The minimum Gasteiger partial charge on any atom is -0.481 e. The Morgan fingerprint density at radius 1 is 1.25 bits per heavy atom. The number of carbonyl (C=O) groups excluding carboxylic acids is 1. The van der Waals surface area contributed by atoms with Crippen molar-refractivity contribution in [3.05, 3.63) is 29.8 Å². The second-order valence-electron chi connectivity index (χ2n) is 5.47. The molecular formula is C15H22N2O3. The molecule has 0 saturated carbocycles. The van der Waals surface area contributed by atoms with Crippen molar-refractivity contribution in [3.8, 4) is 0 Å². The maximum Gasteiger partial charge on any atom is 0.303 e. The summed E-state index contributed by atoms with van der Waals surface area (Å²) >= 11 is 0. The number of aliphatic carboxylic acids is 1. The van der Waals surface area contributed by atoms with Crippen molar-refractivity contribution >= 4 is 17.6 Å². The van der Waals surface area contributed by atoms with Crippen LogP contribution in [0.5, 0.6) is 0 Å². The van der Waals surface area contributed by atoms with Gasteiger partial charge in [0.1, 0.15) is 0 Å². The lowest BCUT2D eigenvalue weighted by molar-refractivity contribution is -0.139. The van der Waals surface area contributed by atoms with Gasteiger partial charge < -0.3 is 15.7 Å². The first-order valence-corrected chi connectivity index (χ1v) is 6.58. The molecule has 0 unspecified atom stereocenters. The molecule has 1 rings (SSSR count). The largest absolute Gasteiger partial charge is 0.481 e. The number of carbonyl (C=O) groups is 2. The minimum atomic E-state index is -0.844. The molecule has 0 radical (unpaired) electrons. The zero-order chi connectivity index (χ0) is 15.3. The lowest BCUT2D eigenvalue weighted by Crippen LogP contribution is -2.41. The fraction of sp³-hybridized carbons (Fsp3) is 0.467. The third-order valence-electron chi connectivity index (χ3n) is 3.40. The molecule has 5 heteroatoms. The van der Waals surface area contributed by atoms with Crippen LogP contribution in [0, 0.1) is 0 Å². The van der Waals surface area contributed by atoms with Crippen LogP contribution < -0.4 is 5.73 Å². The number of nitrogens with zero attached hydrogens (tertiary/aromatic N) is 1. The Morgan fingerprint density at radius 2 is 1.80 bits per heavy atom. The van der Waals surface area contributed by atoms with Crippen LogP contribution >= 0.6 is 0 Å². The molecule has 110 valence electrons. The molecule has 1 amide bonds. The molecular weight excluding hydrogens is 256 g/mol. The second-order valence-corrected chi connectivity index (χ2v) is 5.47. The number of hydrogen-bond donors (Lipinski definition) is 2. The zero-order valence-electron chi connectivity index (χ0n) is 12.2. The Hall–Kier alpha value is -2.04. The number of likely N-dealkylation sites (N-methyl/N-ethyl adjacent to an activating group) is 1. The van der Waals surface area contributed by atoms with E-state index in [4.69, 9.17) is 10.8 Å². The number of nitrogen functional groups attached to an aromatic ring is 1. The fourth-order valence-corrected chi connectivity index (χ4v) is 2.07. The summed E-state index contributed by atoms with van der Waals surface area (Å²) in [6.45, 7) is 4.15. The van der Waals surface area contributed by atoms with Crippen LogP contribution in [0.1, 0.15) is 32.3 Å². The molecule has 0 aliphatic rings. The van der Waals surface area contributed by atoms with E-state index in [0.717, 1.165) is 5.56 Å². The summed E-state index contributed by atoms with van der Waals surface area (Å²) < 4.78 is 0. The number of carboxylic acids is 1. The van der Waals surface area contributed by atoms with Gasteiger partial charge in [0.2, 0.25) is 5.91 Å². The van der Waals surface area contributed by atoms with E-state index in [1.165, 1.54) is 0 Å². The van der Waals surface area contributed by atoms with Crippen LogP contribution in [0.25, 0.3) is 0 Å². The molecule has 0 aliphatic carbocycles. The van der Waals surface area contributed by atoms with Crippen LogP contribution in [0.15, 0.2) is 24.3 Å². The van der Waals surface area contributed by atoms with Gasteiger partial charge >= 0.3 is 5.97 Å². The van der Waals surface area contributed by atoms with Crippen molar-refractivity contribution in [1.29, 1.82) is 0 Å². The van der Waals surface area contributed by atoms with Gasteiger partial charge in [-0.2, -0.15) is 0 Å². The summed E-state index contributed by atoms with van der Waals surface area (Å²) in [6, 6.07) is 7.24. The molecule has 5 nitrogen and oxygen atoms in total. The van der Waals surface area contributed by atoms with E-state index in [1.807, 2.05) is 26.0 Å². The average Bonchev–Trinajstić information content (AvgIpc) is 2.37. The molecule has 1 aromatic carbocycles. The molecule has 0 spiro atoms. The van der Waals surface area contributed by atoms with E-state index in [0.29, 0.717) is 18.7 Å². The highest BCUT2D eigenvalue weighted by atomic mass is 16.4. The Labute approximate surface area is 119 Å². The number of anilines is 1. The molecule has 0 aliphatic heterocycles. The standard InChI is InChI=1S/C15H22N2O3/c1-15(2,11-6-8-12(16)9-7-11)14(20)17(3)10-4-5-13(18)19/h6-9H,4-5,10,16H2,1-3H3,(H,18,19). The monoisotopic (exact) mass is 278 g/mol. The highest BCUT2D eigenvalue weighted by Gasteiger charge is 2.32. The predicted molar refractivity (Wildman–Crippen MR) is 78.4 cm³/mol. The number of hydrogen-bond acceptors (Lipinski definition) is 3. The maximum atomic E-state index is 12.5. The summed E-state index contributed by atoms with van der Waals surface area (Å²) in [5, 5.41) is 8.61. The Balaban J connectivity index is 2.73. The summed E-state index contributed by atoms with van der Waals surface area (Å²) in [5.41, 5.74) is 6.54. The first-order chi connectivity index (χ1) is 9.25. The van der Waals surface area contributed by atoms with Gasteiger partial charge in [0.25, 0.3) is 0 Å². The Bertz CT molecular complexity index is 480. The topological polar surface area (TPSA) is 83.6 Å². The van der Waals surface area contributed by atoms with Gasteiger partial charge in [-0.1, -0.05) is 12.1 Å². The van der Waals surface area contributed by atoms with Crippen molar-refractivity contribution < 1.29 is 14.7 Å². The third-order valence-corrected chi connectivity index (χ3v) is 3.40. The molecule has 0 atom stereocenters. The van der Waals surface area contributed by atoms with E-state index in [9.17, 15) is 9.59 Å². The van der Waals surface area contributed by atoms with Crippen LogP contribution in [0.3, 0.4) is 0 Å². The van der Waals surface area contributed by atoms with Crippen molar-refractivity contribution in [2.45, 2.75) is 32.1 Å².